The molecule has 0 saturated heterocycles. The number of nitro groups is 1. The fourth-order valence-corrected chi connectivity index (χ4v) is 3.42. The third-order valence-corrected chi connectivity index (χ3v) is 4.84. The van der Waals surface area contributed by atoms with Crippen LogP contribution < -0.4 is 4.90 Å². The summed E-state index contributed by atoms with van der Waals surface area (Å²) in [6.45, 7) is 3.71. The van der Waals surface area contributed by atoms with E-state index in [-0.39, 0.29) is 30.1 Å². The molecule has 0 fully saturated rings. The van der Waals surface area contributed by atoms with Crippen molar-refractivity contribution >= 4 is 28.8 Å². The number of rotatable bonds is 6. The van der Waals surface area contributed by atoms with Gasteiger partial charge in [0.2, 0.25) is 0 Å². The number of hydrogen-bond donors (Lipinski definition) is 1. The number of hydrogen-bond acceptors (Lipinski definition) is 6. The molecule has 3 rings (SSSR count). The minimum absolute atomic E-state index is 0.109. The number of carbonyl (C=O) groups excluding carboxylic acids is 2. The quantitative estimate of drug-likeness (QED) is 0.458. The molecule has 1 aliphatic heterocycles. The van der Waals surface area contributed by atoms with Crippen LogP contribution >= 0.6 is 0 Å². The Bertz CT molecular complexity index is 1030. The lowest BCUT2D eigenvalue weighted by Crippen LogP contribution is -2.35. The first kappa shape index (κ1) is 20.2. The van der Waals surface area contributed by atoms with Gasteiger partial charge >= 0.3 is 0 Å². The van der Waals surface area contributed by atoms with Crippen molar-refractivity contribution in [2.75, 3.05) is 25.1 Å². The molecule has 1 heterocycles. The maximum atomic E-state index is 13.3. The van der Waals surface area contributed by atoms with Crippen molar-refractivity contribution in [1.29, 1.82) is 0 Å². The summed E-state index contributed by atoms with van der Waals surface area (Å²) in [6.07, 6.45) is 0. The topological polar surface area (TPSA) is 104 Å². The summed E-state index contributed by atoms with van der Waals surface area (Å²) in [5.41, 5.74) is 2.87. The zero-order valence-electron chi connectivity index (χ0n) is 16.4. The van der Waals surface area contributed by atoms with E-state index >= 15 is 0 Å². The monoisotopic (exact) mass is 395 g/mol. The second kappa shape index (κ2) is 7.84. The molecule has 2 aromatic rings. The Hall–Kier alpha value is -3.52. The normalized spacial score (nSPS) is 14.0. The molecule has 8 nitrogen and oxygen atoms in total. The SMILES string of the molecule is Cc1ccc(N2C(=O)C(c3ccc([N+](=O)[O-])cc3)=C(N(C)CCO)C2=O)c(C)c1. The van der Waals surface area contributed by atoms with Gasteiger partial charge < -0.3 is 10.0 Å². The molecule has 0 bridgehead atoms. The molecule has 8 heteroatoms. The maximum absolute atomic E-state index is 13.3. The molecule has 0 unspecified atom stereocenters. The first-order valence-corrected chi connectivity index (χ1v) is 9.03. The van der Waals surface area contributed by atoms with Crippen molar-refractivity contribution in [1.82, 2.24) is 4.90 Å². The Balaban J connectivity index is 2.14. The summed E-state index contributed by atoms with van der Waals surface area (Å²) >= 11 is 0. The van der Waals surface area contributed by atoms with Gasteiger partial charge in [0.25, 0.3) is 17.5 Å². The summed E-state index contributed by atoms with van der Waals surface area (Å²) in [5, 5.41) is 20.2. The van der Waals surface area contributed by atoms with E-state index in [2.05, 4.69) is 0 Å². The lowest BCUT2D eigenvalue weighted by Gasteiger charge is -2.21. The first-order valence-electron chi connectivity index (χ1n) is 9.03. The van der Waals surface area contributed by atoms with Gasteiger partial charge in [-0.05, 0) is 43.2 Å². The Labute approximate surface area is 167 Å². The number of nitrogens with zero attached hydrogens (tertiary/aromatic N) is 3. The predicted octanol–water partition coefficient (Wildman–Crippen LogP) is 2.42. The largest absolute Gasteiger partial charge is 0.395 e. The van der Waals surface area contributed by atoms with E-state index < -0.39 is 16.7 Å². The minimum Gasteiger partial charge on any atom is -0.395 e. The predicted molar refractivity (Wildman–Crippen MR) is 108 cm³/mol. The second-order valence-corrected chi connectivity index (χ2v) is 6.91. The number of carbonyl (C=O) groups is 2. The molecule has 0 saturated carbocycles. The number of amides is 2. The van der Waals surface area contributed by atoms with Gasteiger partial charge in [-0.1, -0.05) is 17.7 Å². The van der Waals surface area contributed by atoms with Crippen LogP contribution in [0.1, 0.15) is 16.7 Å². The van der Waals surface area contributed by atoms with Gasteiger partial charge in [-0.25, -0.2) is 4.90 Å². The number of non-ortho nitro benzene ring substituents is 1. The Morgan fingerprint density at radius 1 is 1.07 bits per heavy atom. The number of imide groups is 1. The summed E-state index contributed by atoms with van der Waals surface area (Å²) in [6, 6.07) is 10.9. The standard InChI is InChI=1S/C21H21N3O5/c1-13-4-9-17(14(2)12-13)23-20(26)18(19(21(23)27)22(3)10-11-25)15-5-7-16(8-6-15)24(28)29/h4-9,12,25H,10-11H2,1-3H3. The zero-order chi connectivity index (χ0) is 21.3. The number of anilines is 1. The van der Waals surface area contributed by atoms with Crippen molar-refractivity contribution < 1.29 is 19.6 Å². The van der Waals surface area contributed by atoms with Crippen LogP contribution in [0.5, 0.6) is 0 Å². The van der Waals surface area contributed by atoms with Gasteiger partial charge in [0.05, 0.1) is 22.8 Å². The van der Waals surface area contributed by atoms with Crippen LogP contribution in [0.15, 0.2) is 48.2 Å². The molecule has 0 aliphatic carbocycles. The average molecular weight is 395 g/mol. The molecule has 0 atom stereocenters. The molecule has 0 radical (unpaired) electrons. The summed E-state index contributed by atoms with van der Waals surface area (Å²) < 4.78 is 0. The number of benzene rings is 2. The fourth-order valence-electron chi connectivity index (χ4n) is 3.42. The highest BCUT2D eigenvalue weighted by molar-refractivity contribution is 6.45. The van der Waals surface area contributed by atoms with Crippen molar-refractivity contribution in [2.24, 2.45) is 0 Å². The lowest BCUT2D eigenvalue weighted by atomic mass is 10.0. The van der Waals surface area contributed by atoms with Crippen LogP contribution in [0, 0.1) is 24.0 Å². The highest BCUT2D eigenvalue weighted by Crippen LogP contribution is 2.36. The fraction of sp³-hybridized carbons (Fsp3) is 0.238. The molecular formula is C21H21N3O5. The average Bonchev–Trinajstić information content (AvgIpc) is 2.93. The van der Waals surface area contributed by atoms with Gasteiger partial charge in [-0.2, -0.15) is 0 Å². The van der Waals surface area contributed by atoms with Crippen LogP contribution in [0.2, 0.25) is 0 Å². The lowest BCUT2D eigenvalue weighted by molar-refractivity contribution is -0.384. The summed E-state index contributed by atoms with van der Waals surface area (Å²) in [5.74, 6) is -0.998. The third kappa shape index (κ3) is 3.62. The minimum atomic E-state index is -0.527. The van der Waals surface area contributed by atoms with E-state index in [4.69, 9.17) is 0 Å². The smallest absolute Gasteiger partial charge is 0.282 e. The number of nitro benzene ring substituents is 1. The van der Waals surface area contributed by atoms with E-state index in [1.807, 2.05) is 26.0 Å². The molecular weight excluding hydrogens is 374 g/mol. The van der Waals surface area contributed by atoms with Crippen LogP contribution in [0.3, 0.4) is 0 Å². The Morgan fingerprint density at radius 3 is 2.28 bits per heavy atom. The number of aliphatic hydroxyl groups excluding tert-OH is 1. The van der Waals surface area contributed by atoms with E-state index in [9.17, 15) is 24.8 Å². The zero-order valence-corrected chi connectivity index (χ0v) is 16.4. The van der Waals surface area contributed by atoms with E-state index in [1.54, 1.807) is 13.1 Å². The van der Waals surface area contributed by atoms with E-state index in [0.29, 0.717) is 11.3 Å². The highest BCUT2D eigenvalue weighted by atomic mass is 16.6. The van der Waals surface area contributed by atoms with Crippen molar-refractivity contribution in [3.8, 4) is 0 Å². The van der Waals surface area contributed by atoms with Gasteiger partial charge in [-0.3, -0.25) is 19.7 Å². The Kier molecular flexibility index (Phi) is 5.47. The van der Waals surface area contributed by atoms with Crippen LogP contribution in [0.4, 0.5) is 11.4 Å². The molecule has 1 aliphatic rings. The van der Waals surface area contributed by atoms with Crippen LogP contribution in [-0.2, 0) is 9.59 Å². The molecule has 29 heavy (non-hydrogen) atoms. The van der Waals surface area contributed by atoms with Crippen LogP contribution in [-0.4, -0.2) is 46.9 Å². The third-order valence-electron chi connectivity index (χ3n) is 4.84. The molecule has 0 aromatic heterocycles. The second-order valence-electron chi connectivity index (χ2n) is 6.91. The molecule has 0 spiro atoms. The molecule has 150 valence electrons. The number of aliphatic hydroxyl groups is 1. The summed E-state index contributed by atoms with van der Waals surface area (Å²) in [4.78, 5) is 39.6. The van der Waals surface area contributed by atoms with Gasteiger partial charge in [0.15, 0.2) is 0 Å². The molecule has 1 N–H and O–H groups in total. The Morgan fingerprint density at radius 2 is 1.72 bits per heavy atom. The van der Waals surface area contributed by atoms with Gasteiger partial charge in [0, 0.05) is 25.7 Å². The van der Waals surface area contributed by atoms with Crippen LogP contribution in [0.25, 0.3) is 5.57 Å². The maximum Gasteiger partial charge on any atom is 0.282 e. The van der Waals surface area contributed by atoms with E-state index in [0.717, 1.165) is 16.0 Å². The van der Waals surface area contributed by atoms with Crippen molar-refractivity contribution in [2.45, 2.75) is 13.8 Å². The van der Waals surface area contributed by atoms with Crippen molar-refractivity contribution in [3.63, 3.8) is 0 Å². The number of likely N-dealkylation sites (N-methyl/N-ethyl adjacent to an activating group) is 1. The molecule has 2 amide bonds. The molecule has 2 aromatic carbocycles. The van der Waals surface area contributed by atoms with Crippen molar-refractivity contribution in [3.05, 3.63) is 75.0 Å². The number of aryl methyl sites for hydroxylation is 2. The van der Waals surface area contributed by atoms with Gasteiger partial charge in [0.1, 0.15) is 5.70 Å². The van der Waals surface area contributed by atoms with E-state index in [1.165, 1.54) is 29.2 Å². The van der Waals surface area contributed by atoms with Gasteiger partial charge in [-0.15, -0.1) is 0 Å². The first-order chi connectivity index (χ1) is 13.8. The highest BCUT2D eigenvalue weighted by Gasteiger charge is 2.42. The summed E-state index contributed by atoms with van der Waals surface area (Å²) in [7, 11) is 1.62.